The van der Waals surface area contributed by atoms with Gasteiger partial charge in [-0.3, -0.25) is 4.98 Å². The second-order valence-corrected chi connectivity index (χ2v) is 6.59. The van der Waals surface area contributed by atoms with Crippen LogP contribution in [-0.2, 0) is 17.9 Å². The van der Waals surface area contributed by atoms with Crippen LogP contribution in [0.25, 0.3) is 0 Å². The predicted molar refractivity (Wildman–Crippen MR) is 105 cm³/mol. The third-order valence-electron chi connectivity index (χ3n) is 4.33. The summed E-state index contributed by atoms with van der Waals surface area (Å²) in [5.74, 6) is 0.771. The van der Waals surface area contributed by atoms with E-state index in [9.17, 15) is 9.18 Å². The van der Waals surface area contributed by atoms with Gasteiger partial charge < -0.3 is 14.4 Å². The summed E-state index contributed by atoms with van der Waals surface area (Å²) < 4.78 is 23.2. The number of allylic oxidation sites excluding steroid dienone is 2. The Bertz CT molecular complexity index is 821. The maximum Gasteiger partial charge on any atom is 0.410 e. The fourth-order valence-electron chi connectivity index (χ4n) is 2.94. The number of benzene rings is 1. The Hall–Kier alpha value is -3.15. The van der Waals surface area contributed by atoms with Crippen LogP contribution in [0, 0.1) is 0 Å². The molecule has 1 unspecified atom stereocenters. The zero-order valence-corrected chi connectivity index (χ0v) is 15.6. The van der Waals surface area contributed by atoms with Crippen molar-refractivity contribution in [3.8, 4) is 5.75 Å². The van der Waals surface area contributed by atoms with Crippen LogP contribution in [0.2, 0.25) is 0 Å². The molecule has 0 bridgehead atoms. The van der Waals surface area contributed by atoms with Gasteiger partial charge in [0.2, 0.25) is 0 Å². The molecule has 1 fully saturated rings. The molecular formula is C22H23FN2O3. The maximum absolute atomic E-state index is 12.2. The lowest BCUT2D eigenvalue weighted by Gasteiger charge is -2.13. The molecular weight excluding hydrogens is 359 g/mol. The molecule has 1 aliphatic rings. The van der Waals surface area contributed by atoms with Gasteiger partial charge in [0.05, 0.1) is 6.54 Å². The van der Waals surface area contributed by atoms with E-state index in [0.717, 1.165) is 22.4 Å². The zero-order chi connectivity index (χ0) is 19.8. The average Bonchev–Trinajstić information content (AvgIpc) is 3.05. The number of halogens is 1. The summed E-state index contributed by atoms with van der Waals surface area (Å²) in [5.41, 5.74) is 2.80. The SMILES string of the molecule is C=C(/C=C\CF)CC1CN(Cc2ccc(COc3ccncc3)cc2)C(=O)O1. The predicted octanol–water partition coefficient (Wildman–Crippen LogP) is 4.45. The van der Waals surface area contributed by atoms with Crippen LogP contribution in [0.1, 0.15) is 17.5 Å². The van der Waals surface area contributed by atoms with Crippen LogP contribution in [0.4, 0.5) is 9.18 Å². The molecule has 1 amide bonds. The number of cyclic esters (lactones) is 1. The van der Waals surface area contributed by atoms with Gasteiger partial charge in [0.15, 0.2) is 0 Å². The molecule has 0 spiro atoms. The standard InChI is InChI=1S/C22H23FN2O3/c1-17(3-2-10-23)13-21-15-25(22(26)28-21)14-18-4-6-19(7-5-18)16-27-20-8-11-24-12-9-20/h2-9,11-12,21H,1,10,13-16H2/b3-2-. The zero-order valence-electron chi connectivity index (χ0n) is 15.6. The highest BCUT2D eigenvalue weighted by Crippen LogP contribution is 2.20. The molecule has 5 nitrogen and oxygen atoms in total. The van der Waals surface area contributed by atoms with Crippen molar-refractivity contribution >= 4 is 6.09 Å². The van der Waals surface area contributed by atoms with Crippen LogP contribution in [0.15, 0.2) is 73.1 Å². The van der Waals surface area contributed by atoms with E-state index in [4.69, 9.17) is 9.47 Å². The molecule has 1 aromatic heterocycles. The number of aromatic nitrogens is 1. The Morgan fingerprint density at radius 1 is 1.25 bits per heavy atom. The molecule has 1 saturated heterocycles. The van der Waals surface area contributed by atoms with Crippen LogP contribution >= 0.6 is 0 Å². The van der Waals surface area contributed by atoms with Gasteiger partial charge in [0, 0.05) is 25.4 Å². The number of rotatable bonds is 9. The number of ether oxygens (including phenoxy) is 2. The molecule has 2 heterocycles. The molecule has 1 aromatic carbocycles. The molecule has 6 heteroatoms. The monoisotopic (exact) mass is 382 g/mol. The second kappa shape index (κ2) is 9.69. The van der Waals surface area contributed by atoms with Crippen molar-refractivity contribution in [3.63, 3.8) is 0 Å². The summed E-state index contributed by atoms with van der Waals surface area (Å²) >= 11 is 0. The minimum atomic E-state index is -0.529. The molecule has 1 atom stereocenters. The van der Waals surface area contributed by atoms with Crippen LogP contribution in [0.3, 0.4) is 0 Å². The molecule has 0 radical (unpaired) electrons. The Morgan fingerprint density at radius 3 is 2.68 bits per heavy atom. The van der Waals surface area contributed by atoms with Crippen LogP contribution in [-0.4, -0.2) is 35.3 Å². The lowest BCUT2D eigenvalue weighted by atomic mass is 10.1. The topological polar surface area (TPSA) is 51.7 Å². The number of hydrogen-bond donors (Lipinski definition) is 0. The summed E-state index contributed by atoms with van der Waals surface area (Å²) in [5, 5.41) is 0. The van der Waals surface area contributed by atoms with E-state index >= 15 is 0 Å². The number of carbonyl (C=O) groups is 1. The smallest absolute Gasteiger partial charge is 0.410 e. The van der Waals surface area contributed by atoms with Gasteiger partial charge in [-0.25, -0.2) is 9.18 Å². The normalized spacial score (nSPS) is 16.4. The highest BCUT2D eigenvalue weighted by Gasteiger charge is 2.31. The fourth-order valence-corrected chi connectivity index (χ4v) is 2.94. The molecule has 0 saturated carbocycles. The van der Waals surface area contributed by atoms with Crippen LogP contribution < -0.4 is 4.74 Å². The Morgan fingerprint density at radius 2 is 1.96 bits per heavy atom. The van der Waals surface area contributed by atoms with Gasteiger partial charge in [-0.1, -0.05) is 48.6 Å². The van der Waals surface area contributed by atoms with Gasteiger partial charge in [-0.05, 0) is 23.3 Å². The minimum Gasteiger partial charge on any atom is -0.489 e. The molecule has 2 aromatic rings. The summed E-state index contributed by atoms with van der Waals surface area (Å²) in [7, 11) is 0. The Balaban J connectivity index is 1.49. The van der Waals surface area contributed by atoms with E-state index in [-0.39, 0.29) is 12.2 Å². The van der Waals surface area contributed by atoms with Gasteiger partial charge in [0.25, 0.3) is 0 Å². The lowest BCUT2D eigenvalue weighted by molar-refractivity contribution is 0.132. The first-order valence-electron chi connectivity index (χ1n) is 9.10. The van der Waals surface area contributed by atoms with E-state index < -0.39 is 6.67 Å². The van der Waals surface area contributed by atoms with Crippen molar-refractivity contribution in [1.29, 1.82) is 0 Å². The number of pyridine rings is 1. The van der Waals surface area contributed by atoms with Crippen molar-refractivity contribution in [2.75, 3.05) is 13.2 Å². The first kappa shape index (κ1) is 19.6. The number of carbonyl (C=O) groups excluding carboxylic acids is 1. The minimum absolute atomic E-state index is 0.253. The van der Waals surface area contributed by atoms with Crippen molar-refractivity contribution in [1.82, 2.24) is 9.88 Å². The Kier molecular flexibility index (Phi) is 6.78. The van der Waals surface area contributed by atoms with Gasteiger partial charge >= 0.3 is 6.09 Å². The second-order valence-electron chi connectivity index (χ2n) is 6.59. The van der Waals surface area contributed by atoms with E-state index in [0.29, 0.717) is 26.1 Å². The van der Waals surface area contributed by atoms with Gasteiger partial charge in [-0.2, -0.15) is 0 Å². The maximum atomic E-state index is 12.2. The average molecular weight is 382 g/mol. The van der Waals surface area contributed by atoms with Gasteiger partial charge in [0.1, 0.15) is 25.1 Å². The highest BCUT2D eigenvalue weighted by atomic mass is 19.1. The third-order valence-corrected chi connectivity index (χ3v) is 4.33. The third kappa shape index (κ3) is 5.67. The van der Waals surface area contributed by atoms with Gasteiger partial charge in [-0.15, -0.1) is 0 Å². The number of hydrogen-bond acceptors (Lipinski definition) is 4. The molecule has 0 N–H and O–H groups in total. The molecule has 146 valence electrons. The molecule has 0 aliphatic carbocycles. The van der Waals surface area contributed by atoms with Crippen molar-refractivity contribution in [2.24, 2.45) is 0 Å². The van der Waals surface area contributed by atoms with Crippen molar-refractivity contribution in [3.05, 3.63) is 84.2 Å². The summed E-state index contributed by atoms with van der Waals surface area (Å²) in [4.78, 5) is 17.7. The first-order valence-corrected chi connectivity index (χ1v) is 9.10. The molecule has 3 rings (SSSR count). The lowest BCUT2D eigenvalue weighted by Crippen LogP contribution is -2.24. The van der Waals surface area contributed by atoms with Crippen molar-refractivity contribution in [2.45, 2.75) is 25.7 Å². The highest BCUT2D eigenvalue weighted by molar-refractivity contribution is 5.70. The quantitative estimate of drug-likeness (QED) is 0.601. The van der Waals surface area contributed by atoms with Crippen LogP contribution in [0.5, 0.6) is 5.75 Å². The number of nitrogens with zero attached hydrogens (tertiary/aromatic N) is 2. The van der Waals surface area contributed by atoms with E-state index in [2.05, 4.69) is 11.6 Å². The summed E-state index contributed by atoms with van der Waals surface area (Å²) in [6, 6.07) is 11.6. The number of alkyl halides is 1. The first-order chi connectivity index (χ1) is 13.6. The Labute approximate surface area is 164 Å². The van der Waals surface area contributed by atoms with E-state index in [1.165, 1.54) is 6.08 Å². The van der Waals surface area contributed by atoms with E-state index in [1.54, 1.807) is 23.4 Å². The molecule has 1 aliphatic heterocycles. The fraction of sp³-hybridized carbons (Fsp3) is 0.273. The summed E-state index contributed by atoms with van der Waals surface area (Å²) in [6.45, 7) is 4.77. The van der Waals surface area contributed by atoms with Crippen molar-refractivity contribution < 1.29 is 18.7 Å². The number of amides is 1. The summed E-state index contributed by atoms with van der Waals surface area (Å²) in [6.07, 6.45) is 6.32. The van der Waals surface area contributed by atoms with E-state index in [1.807, 2.05) is 36.4 Å². The molecule has 28 heavy (non-hydrogen) atoms. The largest absolute Gasteiger partial charge is 0.489 e.